The molecule has 8 heteroatoms. The van der Waals surface area contributed by atoms with Crippen molar-refractivity contribution < 1.29 is 9.59 Å². The van der Waals surface area contributed by atoms with Crippen molar-refractivity contribution in [2.75, 3.05) is 6.54 Å². The Morgan fingerprint density at radius 3 is 2.54 bits per heavy atom. The number of para-hydroxylation sites is 1. The van der Waals surface area contributed by atoms with Crippen molar-refractivity contribution in [1.82, 2.24) is 14.7 Å². The highest BCUT2D eigenvalue weighted by atomic mass is 35.5. The number of hydrogen-bond donors (Lipinski definition) is 2. The largest absolute Gasteiger partial charge is 0.364 e. The first-order chi connectivity index (χ1) is 12.0. The van der Waals surface area contributed by atoms with E-state index >= 15 is 0 Å². The quantitative estimate of drug-likeness (QED) is 0.845. The molecule has 3 rings (SSSR count). The predicted molar refractivity (Wildman–Crippen MR) is 102 cm³/mol. The molecular formula is C18H24ClN5O2. The summed E-state index contributed by atoms with van der Waals surface area (Å²) in [4.78, 5) is 26.5. The number of aromatic nitrogens is 2. The minimum absolute atomic E-state index is 0. The molecule has 1 fully saturated rings. The van der Waals surface area contributed by atoms with Gasteiger partial charge in [0.2, 0.25) is 0 Å². The maximum absolute atomic E-state index is 13.0. The number of nitrogens with zero attached hydrogens (tertiary/aromatic N) is 3. The molecule has 1 aromatic heterocycles. The van der Waals surface area contributed by atoms with E-state index in [2.05, 4.69) is 5.10 Å². The van der Waals surface area contributed by atoms with Gasteiger partial charge >= 0.3 is 0 Å². The lowest BCUT2D eigenvalue weighted by atomic mass is 9.96. The number of nitrogens with two attached hydrogens (primary N) is 2. The number of carbonyl (C=O) groups is 2. The number of amides is 2. The first-order valence-electron chi connectivity index (χ1n) is 8.51. The lowest BCUT2D eigenvalue weighted by molar-refractivity contribution is 0.0577. The fourth-order valence-corrected chi connectivity index (χ4v) is 3.33. The highest BCUT2D eigenvalue weighted by Gasteiger charge is 2.32. The summed E-state index contributed by atoms with van der Waals surface area (Å²) in [6.45, 7) is 2.56. The molecule has 4 N–H and O–H groups in total. The van der Waals surface area contributed by atoms with Gasteiger partial charge in [-0.3, -0.25) is 9.59 Å². The second-order valence-corrected chi connectivity index (χ2v) is 6.45. The van der Waals surface area contributed by atoms with Crippen molar-refractivity contribution in [3.05, 3.63) is 47.8 Å². The van der Waals surface area contributed by atoms with E-state index in [1.165, 1.54) is 10.7 Å². The summed E-state index contributed by atoms with van der Waals surface area (Å²) in [5.74, 6) is -0.836. The van der Waals surface area contributed by atoms with Crippen LogP contribution in [0, 0.1) is 0 Å². The molecule has 26 heavy (non-hydrogen) atoms. The summed E-state index contributed by atoms with van der Waals surface area (Å²) in [7, 11) is 0. The van der Waals surface area contributed by atoms with E-state index < -0.39 is 5.91 Å². The molecule has 2 aromatic rings. The fourth-order valence-electron chi connectivity index (χ4n) is 3.33. The zero-order valence-electron chi connectivity index (χ0n) is 14.7. The molecule has 2 amide bonds. The number of rotatable bonds is 4. The van der Waals surface area contributed by atoms with Crippen LogP contribution >= 0.6 is 12.4 Å². The van der Waals surface area contributed by atoms with Crippen molar-refractivity contribution in [3.8, 4) is 5.69 Å². The summed E-state index contributed by atoms with van der Waals surface area (Å²) in [6.07, 6.45) is 2.88. The predicted octanol–water partition coefficient (Wildman–Crippen LogP) is 1.73. The molecule has 0 radical (unpaired) electrons. The lowest BCUT2D eigenvalue weighted by Gasteiger charge is -2.37. The van der Waals surface area contributed by atoms with Gasteiger partial charge in [0.25, 0.3) is 11.8 Å². The summed E-state index contributed by atoms with van der Waals surface area (Å²) >= 11 is 0. The first-order valence-corrected chi connectivity index (χ1v) is 8.51. The molecule has 1 saturated heterocycles. The van der Waals surface area contributed by atoms with Gasteiger partial charge in [-0.05, 0) is 38.3 Å². The zero-order valence-corrected chi connectivity index (χ0v) is 15.5. The maximum atomic E-state index is 13.0. The van der Waals surface area contributed by atoms with Gasteiger partial charge in [0, 0.05) is 24.7 Å². The minimum atomic E-state index is -0.627. The van der Waals surface area contributed by atoms with Gasteiger partial charge in [-0.25, -0.2) is 4.68 Å². The number of benzene rings is 1. The van der Waals surface area contributed by atoms with E-state index in [0.29, 0.717) is 12.2 Å². The van der Waals surface area contributed by atoms with E-state index in [1.807, 2.05) is 25.1 Å². The smallest absolute Gasteiger partial charge is 0.274 e. The fraction of sp³-hybridized carbons (Fsp3) is 0.389. The molecule has 0 aliphatic carbocycles. The summed E-state index contributed by atoms with van der Waals surface area (Å²) in [5.41, 5.74) is 12.6. The van der Waals surface area contributed by atoms with E-state index in [-0.39, 0.29) is 41.8 Å². The second-order valence-electron chi connectivity index (χ2n) is 6.45. The standard InChI is InChI=1S/C18H23N5O2.ClH/c1-12(19)15-9-5-6-10-22(15)18(25)14-11-16(17(20)24)23(21-14)13-7-3-2-4-8-13;/h2-4,7-8,11-12,15H,5-6,9-10,19H2,1H3,(H2,20,24);1H. The second kappa shape index (κ2) is 8.33. The molecule has 2 heterocycles. The zero-order chi connectivity index (χ0) is 18.0. The van der Waals surface area contributed by atoms with E-state index in [1.54, 1.807) is 17.0 Å². The Morgan fingerprint density at radius 2 is 1.92 bits per heavy atom. The summed E-state index contributed by atoms with van der Waals surface area (Å²) in [5, 5.41) is 4.35. The number of likely N-dealkylation sites (tertiary alicyclic amines) is 1. The first kappa shape index (κ1) is 19.9. The number of primary amides is 1. The van der Waals surface area contributed by atoms with Gasteiger partial charge < -0.3 is 16.4 Å². The van der Waals surface area contributed by atoms with Gasteiger partial charge in [-0.15, -0.1) is 12.4 Å². The monoisotopic (exact) mass is 377 g/mol. The third-order valence-corrected chi connectivity index (χ3v) is 4.60. The number of hydrogen-bond acceptors (Lipinski definition) is 4. The third-order valence-electron chi connectivity index (χ3n) is 4.60. The lowest BCUT2D eigenvalue weighted by Crippen LogP contribution is -2.51. The van der Waals surface area contributed by atoms with Crippen LogP contribution < -0.4 is 11.5 Å². The Labute approximate surface area is 158 Å². The Hall–Kier alpha value is -2.38. The SMILES string of the molecule is CC(N)C1CCCCN1C(=O)c1cc(C(N)=O)n(-c2ccccc2)n1.Cl. The Bertz CT molecular complexity index is 775. The van der Waals surface area contributed by atoms with Gasteiger partial charge in [-0.2, -0.15) is 5.10 Å². The highest BCUT2D eigenvalue weighted by molar-refractivity contribution is 5.97. The van der Waals surface area contributed by atoms with Crippen LogP contribution in [-0.2, 0) is 0 Å². The molecule has 0 saturated carbocycles. The van der Waals surface area contributed by atoms with Crippen molar-refractivity contribution >= 4 is 24.2 Å². The molecule has 0 bridgehead atoms. The molecule has 1 aliphatic rings. The summed E-state index contributed by atoms with van der Waals surface area (Å²) in [6, 6.07) is 10.5. The highest BCUT2D eigenvalue weighted by Crippen LogP contribution is 2.22. The molecule has 2 atom stereocenters. The normalized spacial score (nSPS) is 18.1. The average Bonchev–Trinajstić information content (AvgIpc) is 3.07. The third kappa shape index (κ3) is 3.89. The van der Waals surface area contributed by atoms with E-state index in [0.717, 1.165) is 19.3 Å². The Kier molecular flexibility index (Phi) is 6.39. The van der Waals surface area contributed by atoms with Crippen LogP contribution in [0.2, 0.25) is 0 Å². The molecular weight excluding hydrogens is 354 g/mol. The van der Waals surface area contributed by atoms with Crippen LogP contribution in [0.15, 0.2) is 36.4 Å². The van der Waals surface area contributed by atoms with Crippen molar-refractivity contribution in [3.63, 3.8) is 0 Å². The average molecular weight is 378 g/mol. The van der Waals surface area contributed by atoms with Gasteiger partial charge in [0.05, 0.1) is 5.69 Å². The van der Waals surface area contributed by atoms with Gasteiger partial charge in [-0.1, -0.05) is 18.2 Å². The summed E-state index contributed by atoms with van der Waals surface area (Å²) < 4.78 is 1.42. The number of piperidine rings is 1. The Balaban J connectivity index is 0.00000243. The molecule has 0 spiro atoms. The van der Waals surface area contributed by atoms with Crippen molar-refractivity contribution in [2.24, 2.45) is 11.5 Å². The Morgan fingerprint density at radius 1 is 1.23 bits per heavy atom. The molecule has 1 aliphatic heterocycles. The van der Waals surface area contributed by atoms with Crippen LogP contribution in [-0.4, -0.2) is 45.1 Å². The van der Waals surface area contributed by atoms with Gasteiger partial charge in [0.1, 0.15) is 5.69 Å². The van der Waals surface area contributed by atoms with Crippen molar-refractivity contribution in [2.45, 2.75) is 38.3 Å². The van der Waals surface area contributed by atoms with Crippen LogP contribution in [0.3, 0.4) is 0 Å². The minimum Gasteiger partial charge on any atom is -0.364 e. The molecule has 2 unspecified atom stereocenters. The van der Waals surface area contributed by atoms with Crippen LogP contribution in [0.5, 0.6) is 0 Å². The topological polar surface area (TPSA) is 107 Å². The number of halogens is 1. The van der Waals surface area contributed by atoms with Crippen LogP contribution in [0.25, 0.3) is 5.69 Å². The maximum Gasteiger partial charge on any atom is 0.274 e. The molecule has 1 aromatic carbocycles. The van der Waals surface area contributed by atoms with Gasteiger partial charge in [0.15, 0.2) is 5.69 Å². The van der Waals surface area contributed by atoms with Crippen LogP contribution in [0.1, 0.15) is 47.2 Å². The van der Waals surface area contributed by atoms with Crippen LogP contribution in [0.4, 0.5) is 0 Å². The molecule has 7 nitrogen and oxygen atoms in total. The van der Waals surface area contributed by atoms with Crippen molar-refractivity contribution in [1.29, 1.82) is 0 Å². The van der Waals surface area contributed by atoms with E-state index in [9.17, 15) is 9.59 Å². The number of carbonyl (C=O) groups excluding carboxylic acids is 2. The molecule has 140 valence electrons. The van der Waals surface area contributed by atoms with E-state index in [4.69, 9.17) is 11.5 Å².